The zero-order valence-electron chi connectivity index (χ0n) is 37.0. The highest BCUT2D eigenvalue weighted by Gasteiger charge is 2.23. The molecule has 0 amide bonds. The van der Waals surface area contributed by atoms with Crippen LogP contribution in [0, 0.1) is 28.6 Å². The number of nitrogens with zero attached hydrogens (tertiary/aromatic N) is 8. The van der Waals surface area contributed by atoms with Gasteiger partial charge in [0.2, 0.25) is 0 Å². The highest BCUT2D eigenvalue weighted by atomic mass is 15.0. The molecule has 1 aliphatic rings. The molecule has 1 atom stereocenters. The van der Waals surface area contributed by atoms with Gasteiger partial charge in [-0.3, -0.25) is 0 Å². The molecule has 0 bridgehead atoms. The lowest BCUT2D eigenvalue weighted by molar-refractivity contribution is 1.04. The summed E-state index contributed by atoms with van der Waals surface area (Å²) in [4.78, 5) is 30.4. The van der Waals surface area contributed by atoms with Gasteiger partial charge in [0.1, 0.15) is 0 Å². The van der Waals surface area contributed by atoms with E-state index in [9.17, 15) is 10.5 Å². The zero-order valence-corrected chi connectivity index (χ0v) is 37.0. The van der Waals surface area contributed by atoms with Gasteiger partial charge in [-0.25, -0.2) is 29.9 Å². The predicted molar refractivity (Wildman–Crippen MR) is 274 cm³/mol. The predicted octanol–water partition coefficient (Wildman–Crippen LogP) is 13.9. The average Bonchev–Trinajstić information content (AvgIpc) is 3.66. The number of hydrogen-bond acceptors (Lipinski definition) is 8. The minimum Gasteiger partial charge on any atom is -0.208 e. The summed E-state index contributed by atoms with van der Waals surface area (Å²) >= 11 is 0. The molecule has 0 fully saturated rings. The van der Waals surface area contributed by atoms with Crippen molar-refractivity contribution in [3.8, 4) is 91.3 Å². The van der Waals surface area contributed by atoms with Gasteiger partial charge in [-0.05, 0) is 62.9 Å². The van der Waals surface area contributed by atoms with Gasteiger partial charge >= 0.3 is 0 Å². The third-order valence-electron chi connectivity index (χ3n) is 12.1. The number of rotatable bonds is 9. The summed E-state index contributed by atoms with van der Waals surface area (Å²) in [5.41, 5.74) is 10.4. The van der Waals surface area contributed by atoms with Crippen LogP contribution in [0.2, 0.25) is 0 Å². The first kappa shape index (κ1) is 41.9. The van der Waals surface area contributed by atoms with Crippen molar-refractivity contribution in [1.82, 2.24) is 29.9 Å². The molecule has 0 radical (unpaired) electrons. The molecule has 0 saturated carbocycles. The second kappa shape index (κ2) is 18.6. The molecule has 1 unspecified atom stereocenters. The van der Waals surface area contributed by atoms with Crippen LogP contribution in [0.15, 0.2) is 224 Å². The summed E-state index contributed by atoms with van der Waals surface area (Å²) < 4.78 is 0. The Hall–Kier alpha value is -9.76. The lowest BCUT2D eigenvalue weighted by atomic mass is 9.86. The van der Waals surface area contributed by atoms with Crippen LogP contribution in [-0.2, 0) is 0 Å². The van der Waals surface area contributed by atoms with Crippen LogP contribution in [0.3, 0.4) is 0 Å². The van der Waals surface area contributed by atoms with Crippen molar-refractivity contribution in [2.75, 3.05) is 0 Å². The van der Waals surface area contributed by atoms with Gasteiger partial charge in [0.05, 0.1) is 23.6 Å². The lowest BCUT2D eigenvalue weighted by Crippen LogP contribution is -2.02. The van der Waals surface area contributed by atoms with Crippen LogP contribution in [-0.4, -0.2) is 29.9 Å². The second-order valence-electron chi connectivity index (χ2n) is 16.4. The Kier molecular flexibility index (Phi) is 11.3. The maximum atomic E-state index is 10.9. The molecule has 0 spiro atoms. The van der Waals surface area contributed by atoms with Crippen molar-refractivity contribution in [1.29, 1.82) is 10.5 Å². The monoisotopic (exact) mass is 882 g/mol. The van der Waals surface area contributed by atoms with Crippen LogP contribution in [0.25, 0.3) is 101 Å². The van der Waals surface area contributed by atoms with E-state index in [-0.39, 0.29) is 0 Å². The number of benzene rings is 8. The SMILES string of the molecule is N#Cc1ccc(-c2nc(-c3ccccc3)nc(-c3ccccc3-c3ccccc3)n2)cc1-c1c(C2=CC(C#N)C=CC(c3nc(-c4ccccc4)nc(-c4ccccc4)n3)=C2)ccc2ccccc12. The molecular formula is C61H38N8. The molecule has 0 aliphatic heterocycles. The summed E-state index contributed by atoms with van der Waals surface area (Å²) in [5, 5.41) is 23.4. The average molecular weight is 883 g/mol. The van der Waals surface area contributed by atoms with Crippen molar-refractivity contribution in [3.05, 3.63) is 241 Å². The van der Waals surface area contributed by atoms with Crippen molar-refractivity contribution < 1.29 is 0 Å². The molecule has 11 rings (SSSR count). The minimum atomic E-state index is -0.585. The zero-order chi connectivity index (χ0) is 46.5. The number of allylic oxidation sites excluding steroid dienone is 6. The maximum Gasteiger partial charge on any atom is 0.164 e. The van der Waals surface area contributed by atoms with Crippen molar-refractivity contribution in [2.24, 2.45) is 5.92 Å². The molecule has 8 heteroatoms. The third kappa shape index (κ3) is 8.50. The fourth-order valence-corrected chi connectivity index (χ4v) is 8.72. The highest BCUT2D eigenvalue weighted by Crippen LogP contribution is 2.42. The van der Waals surface area contributed by atoms with Crippen molar-refractivity contribution >= 4 is 21.9 Å². The molecule has 2 heterocycles. The standard InChI is InChI=1S/C61H38N8/c62-38-40-29-30-46(59-65-56(43-20-7-2-8-21-43)64-57(66-59)44-22-9-3-10-23-44)36-49(35-40)52-34-33-42-19-13-14-27-51(42)55(52)54-37-47(31-32-48(54)39-63)60-67-58(45-24-11-4-12-25-45)68-61(69-60)53-28-16-15-26-50(53)41-17-5-1-6-18-41/h1-37,40H. The van der Waals surface area contributed by atoms with E-state index in [0.29, 0.717) is 57.2 Å². The number of nitriles is 2. The molecular weight excluding hydrogens is 845 g/mol. The molecule has 69 heavy (non-hydrogen) atoms. The van der Waals surface area contributed by atoms with Crippen molar-refractivity contribution in [2.45, 2.75) is 0 Å². The van der Waals surface area contributed by atoms with E-state index in [4.69, 9.17) is 29.9 Å². The normalized spacial score (nSPS) is 13.2. The van der Waals surface area contributed by atoms with Gasteiger partial charge in [0.25, 0.3) is 0 Å². The smallest absolute Gasteiger partial charge is 0.164 e. The first-order chi connectivity index (χ1) is 34.1. The molecule has 322 valence electrons. The van der Waals surface area contributed by atoms with E-state index in [2.05, 4.69) is 54.6 Å². The van der Waals surface area contributed by atoms with E-state index >= 15 is 0 Å². The Morgan fingerprint density at radius 2 is 0.884 bits per heavy atom. The molecule has 0 saturated heterocycles. The lowest BCUT2D eigenvalue weighted by Gasteiger charge is -2.18. The Balaban J connectivity index is 1.11. The summed E-state index contributed by atoms with van der Waals surface area (Å²) in [6, 6.07) is 70.9. The summed E-state index contributed by atoms with van der Waals surface area (Å²) in [6.07, 6.45) is 7.77. The molecule has 1 aliphatic carbocycles. The van der Waals surface area contributed by atoms with E-state index in [1.54, 1.807) is 0 Å². The fourth-order valence-electron chi connectivity index (χ4n) is 8.72. The van der Waals surface area contributed by atoms with Gasteiger partial charge in [-0.15, -0.1) is 0 Å². The van der Waals surface area contributed by atoms with Crippen LogP contribution in [0.4, 0.5) is 0 Å². The Labute approximate surface area is 399 Å². The molecule has 0 N–H and O–H groups in total. The van der Waals surface area contributed by atoms with Crippen LogP contribution in [0.1, 0.15) is 17.0 Å². The van der Waals surface area contributed by atoms with Gasteiger partial charge in [0, 0.05) is 39.0 Å². The quantitative estimate of drug-likeness (QED) is 0.140. The first-order valence-corrected chi connectivity index (χ1v) is 22.5. The van der Waals surface area contributed by atoms with Gasteiger partial charge in [-0.1, -0.05) is 200 Å². The van der Waals surface area contributed by atoms with E-state index in [1.807, 2.05) is 182 Å². The van der Waals surface area contributed by atoms with E-state index in [1.165, 1.54) is 0 Å². The molecule has 10 aromatic rings. The van der Waals surface area contributed by atoms with Gasteiger partial charge in [0.15, 0.2) is 34.9 Å². The molecule has 8 nitrogen and oxygen atoms in total. The topological polar surface area (TPSA) is 125 Å². The Bertz CT molecular complexity index is 3680. The first-order valence-electron chi connectivity index (χ1n) is 22.5. The van der Waals surface area contributed by atoms with Crippen LogP contribution >= 0.6 is 0 Å². The third-order valence-corrected chi connectivity index (χ3v) is 12.1. The highest BCUT2D eigenvalue weighted by molar-refractivity contribution is 6.06. The second-order valence-corrected chi connectivity index (χ2v) is 16.4. The number of aromatic nitrogens is 6. The molecule has 8 aromatic carbocycles. The maximum absolute atomic E-state index is 10.9. The number of hydrogen-bond donors (Lipinski definition) is 0. The summed E-state index contributed by atoms with van der Waals surface area (Å²) in [5.74, 6) is 2.44. The van der Waals surface area contributed by atoms with E-state index in [0.717, 1.165) is 60.9 Å². The largest absolute Gasteiger partial charge is 0.208 e. The van der Waals surface area contributed by atoms with Crippen molar-refractivity contribution in [3.63, 3.8) is 0 Å². The minimum absolute atomic E-state index is 0.456. The summed E-state index contributed by atoms with van der Waals surface area (Å²) in [7, 11) is 0. The van der Waals surface area contributed by atoms with E-state index < -0.39 is 5.92 Å². The van der Waals surface area contributed by atoms with Gasteiger partial charge < -0.3 is 0 Å². The van der Waals surface area contributed by atoms with Crippen LogP contribution < -0.4 is 0 Å². The van der Waals surface area contributed by atoms with Gasteiger partial charge in [-0.2, -0.15) is 10.5 Å². The number of fused-ring (bicyclic) bond motifs is 1. The summed E-state index contributed by atoms with van der Waals surface area (Å²) in [6.45, 7) is 0. The fraction of sp³-hybridized carbons (Fsp3) is 0.0164. The molecule has 2 aromatic heterocycles. The Morgan fingerprint density at radius 3 is 1.48 bits per heavy atom. The van der Waals surface area contributed by atoms with Crippen LogP contribution in [0.5, 0.6) is 0 Å². The Morgan fingerprint density at radius 1 is 0.377 bits per heavy atom.